The SMILES string of the molecule is COC(=O)/C=C1\SC(=Nc2ccccc2)C2([C@@H]1Cc1ccccc1)N(Cc1ccccc1)c1ccccc1N2Cc1ccccc1. The van der Waals surface area contributed by atoms with E-state index in [1.807, 2.05) is 36.4 Å². The number of hydrogen-bond acceptors (Lipinski definition) is 6. The van der Waals surface area contributed by atoms with Gasteiger partial charge in [-0.25, -0.2) is 9.79 Å². The number of carbonyl (C=O) groups is 1. The number of nitrogens with zero attached hydrogens (tertiary/aromatic N) is 3. The Labute approximate surface area is 274 Å². The molecule has 5 nitrogen and oxygen atoms in total. The smallest absolute Gasteiger partial charge is 0.331 e. The number of anilines is 2. The predicted octanol–water partition coefficient (Wildman–Crippen LogP) is 8.80. The number of rotatable bonds is 8. The first kappa shape index (κ1) is 29.6. The Morgan fingerprint density at radius 1 is 0.696 bits per heavy atom. The first-order chi connectivity index (χ1) is 22.7. The van der Waals surface area contributed by atoms with Crippen LogP contribution in [0.5, 0.6) is 0 Å². The van der Waals surface area contributed by atoms with E-state index in [1.165, 1.54) is 23.8 Å². The molecule has 1 atom stereocenters. The summed E-state index contributed by atoms with van der Waals surface area (Å²) >= 11 is 1.60. The summed E-state index contributed by atoms with van der Waals surface area (Å²) in [5.74, 6) is -0.516. The van der Waals surface area contributed by atoms with Crippen molar-refractivity contribution in [3.63, 3.8) is 0 Å². The number of carbonyl (C=O) groups excluding carboxylic acids is 1. The first-order valence-electron chi connectivity index (χ1n) is 15.5. The van der Waals surface area contributed by atoms with Crippen LogP contribution in [0.15, 0.2) is 162 Å². The fourth-order valence-corrected chi connectivity index (χ4v) is 8.14. The Morgan fingerprint density at radius 3 is 1.65 bits per heavy atom. The lowest BCUT2D eigenvalue weighted by Crippen LogP contribution is -2.64. The Bertz CT molecular complexity index is 1790. The van der Waals surface area contributed by atoms with E-state index in [0.717, 1.165) is 27.0 Å². The van der Waals surface area contributed by atoms with Crippen molar-refractivity contribution in [2.24, 2.45) is 10.9 Å². The normalized spacial score (nSPS) is 18.3. The molecule has 5 aromatic rings. The molecule has 7 rings (SSSR count). The second kappa shape index (κ2) is 13.1. The van der Waals surface area contributed by atoms with Gasteiger partial charge in [0.25, 0.3) is 0 Å². The summed E-state index contributed by atoms with van der Waals surface area (Å²) in [6.45, 7) is 1.32. The minimum Gasteiger partial charge on any atom is -0.466 e. The van der Waals surface area contributed by atoms with Gasteiger partial charge in [0.2, 0.25) is 0 Å². The fraction of sp³-hybridized carbons (Fsp3) is 0.150. The lowest BCUT2D eigenvalue weighted by atomic mass is 9.84. The number of methoxy groups -OCH3 is 1. The summed E-state index contributed by atoms with van der Waals surface area (Å²) in [7, 11) is 1.44. The van der Waals surface area contributed by atoms with Crippen LogP contribution < -0.4 is 9.80 Å². The van der Waals surface area contributed by atoms with Gasteiger partial charge in [-0.15, -0.1) is 0 Å². The highest BCUT2D eigenvalue weighted by Crippen LogP contribution is 2.60. The third kappa shape index (κ3) is 5.61. The van der Waals surface area contributed by atoms with Crippen molar-refractivity contribution >= 4 is 39.8 Å². The monoisotopic (exact) mass is 621 g/mol. The number of aliphatic imine (C=N–C) groups is 1. The highest BCUT2D eigenvalue weighted by molar-refractivity contribution is 8.18. The van der Waals surface area contributed by atoms with E-state index in [1.54, 1.807) is 17.8 Å². The molecule has 0 N–H and O–H groups in total. The van der Waals surface area contributed by atoms with Crippen molar-refractivity contribution in [2.75, 3.05) is 16.9 Å². The number of hydrogen-bond donors (Lipinski definition) is 0. The summed E-state index contributed by atoms with van der Waals surface area (Å²) < 4.78 is 5.23. The van der Waals surface area contributed by atoms with Crippen molar-refractivity contribution in [2.45, 2.75) is 25.2 Å². The van der Waals surface area contributed by atoms with E-state index in [4.69, 9.17) is 9.73 Å². The molecule has 228 valence electrons. The van der Waals surface area contributed by atoms with E-state index < -0.39 is 5.66 Å². The number of ether oxygens (including phenoxy) is 1. The molecular weight excluding hydrogens is 587 g/mol. The minimum absolute atomic E-state index is 0.152. The molecule has 1 saturated heterocycles. The number of esters is 1. The van der Waals surface area contributed by atoms with E-state index in [-0.39, 0.29) is 11.9 Å². The number of thioether (sulfide) groups is 1. The topological polar surface area (TPSA) is 45.1 Å². The molecule has 0 amide bonds. The van der Waals surface area contributed by atoms with Crippen molar-refractivity contribution in [3.8, 4) is 0 Å². The molecule has 2 aliphatic heterocycles. The molecule has 1 spiro atoms. The zero-order chi connectivity index (χ0) is 31.3. The highest BCUT2D eigenvalue weighted by Gasteiger charge is 2.63. The van der Waals surface area contributed by atoms with Crippen LogP contribution in [-0.4, -0.2) is 23.8 Å². The fourth-order valence-electron chi connectivity index (χ4n) is 6.71. The summed E-state index contributed by atoms with van der Waals surface area (Å²) in [4.78, 5) is 24.5. The maximum absolute atomic E-state index is 13.0. The van der Waals surface area contributed by atoms with Gasteiger partial charge in [0.05, 0.1) is 24.2 Å². The van der Waals surface area contributed by atoms with Crippen LogP contribution in [0.2, 0.25) is 0 Å². The lowest BCUT2D eigenvalue weighted by Gasteiger charge is -2.47. The second-order valence-corrected chi connectivity index (χ2v) is 12.6. The third-order valence-corrected chi connectivity index (χ3v) is 9.97. The molecule has 6 heteroatoms. The minimum atomic E-state index is -0.758. The van der Waals surface area contributed by atoms with Gasteiger partial charge in [-0.1, -0.05) is 133 Å². The zero-order valence-electron chi connectivity index (χ0n) is 25.7. The van der Waals surface area contributed by atoms with Crippen molar-refractivity contribution < 1.29 is 9.53 Å². The molecule has 0 radical (unpaired) electrons. The van der Waals surface area contributed by atoms with Gasteiger partial charge in [-0.05, 0) is 47.4 Å². The molecule has 2 aliphatic rings. The maximum Gasteiger partial charge on any atom is 0.331 e. The van der Waals surface area contributed by atoms with Crippen LogP contribution in [0.3, 0.4) is 0 Å². The van der Waals surface area contributed by atoms with Gasteiger partial charge >= 0.3 is 5.97 Å². The lowest BCUT2D eigenvalue weighted by molar-refractivity contribution is -0.134. The highest BCUT2D eigenvalue weighted by atomic mass is 32.2. The first-order valence-corrected chi connectivity index (χ1v) is 16.4. The van der Waals surface area contributed by atoms with Crippen LogP contribution in [-0.2, 0) is 29.0 Å². The molecule has 46 heavy (non-hydrogen) atoms. The van der Waals surface area contributed by atoms with Crippen molar-refractivity contribution in [3.05, 3.63) is 173 Å². The third-order valence-electron chi connectivity index (χ3n) is 8.74. The molecule has 0 aromatic heterocycles. The maximum atomic E-state index is 13.0. The van der Waals surface area contributed by atoms with Gasteiger partial charge in [0.1, 0.15) is 5.04 Å². The van der Waals surface area contributed by atoms with Gasteiger partial charge in [0.15, 0.2) is 5.66 Å². The summed E-state index contributed by atoms with van der Waals surface area (Å²) in [6, 6.07) is 50.6. The largest absolute Gasteiger partial charge is 0.466 e. The number of benzene rings is 5. The Balaban J connectivity index is 1.53. The Kier molecular flexibility index (Phi) is 8.45. The van der Waals surface area contributed by atoms with Gasteiger partial charge in [0, 0.05) is 30.0 Å². The quantitative estimate of drug-likeness (QED) is 0.128. The summed E-state index contributed by atoms with van der Waals surface area (Å²) in [5, 5.41) is 0.929. The average Bonchev–Trinajstić information content (AvgIpc) is 3.54. The van der Waals surface area contributed by atoms with Crippen LogP contribution in [0.1, 0.15) is 16.7 Å². The van der Waals surface area contributed by atoms with E-state index in [9.17, 15) is 4.79 Å². The molecule has 1 fully saturated rings. The van der Waals surface area contributed by atoms with E-state index >= 15 is 0 Å². The molecule has 0 unspecified atom stereocenters. The van der Waals surface area contributed by atoms with Crippen LogP contribution in [0.4, 0.5) is 17.1 Å². The second-order valence-electron chi connectivity index (χ2n) is 11.5. The Morgan fingerprint density at radius 2 is 1.15 bits per heavy atom. The molecule has 5 aromatic carbocycles. The zero-order valence-corrected chi connectivity index (χ0v) is 26.5. The van der Waals surface area contributed by atoms with Gasteiger partial charge in [-0.3, -0.25) is 0 Å². The van der Waals surface area contributed by atoms with Crippen LogP contribution in [0.25, 0.3) is 0 Å². The molecule has 0 saturated carbocycles. The van der Waals surface area contributed by atoms with Crippen molar-refractivity contribution in [1.82, 2.24) is 0 Å². The number of fused-ring (bicyclic) bond motifs is 1. The van der Waals surface area contributed by atoms with E-state index in [0.29, 0.717) is 19.5 Å². The number of para-hydroxylation sites is 3. The average molecular weight is 622 g/mol. The standard InChI is InChI=1S/C40H35N3O2S/c1-45-38(44)27-37-34(26-30-16-6-2-7-17-30)40(39(46-37)41-33-22-12-5-13-23-33)42(28-31-18-8-3-9-19-31)35-24-14-15-25-36(35)43(40)29-32-20-10-4-11-21-32/h2-25,27,34H,26,28-29H2,1H3/b37-27-,41-39?/t34-/m1/s1. The van der Waals surface area contributed by atoms with Gasteiger partial charge in [-0.2, -0.15) is 0 Å². The molecule has 2 heterocycles. The van der Waals surface area contributed by atoms with Crippen molar-refractivity contribution in [1.29, 1.82) is 0 Å². The van der Waals surface area contributed by atoms with Gasteiger partial charge < -0.3 is 14.5 Å². The Hall–Kier alpha value is -5.07. The predicted molar refractivity (Wildman–Crippen MR) is 189 cm³/mol. The molecular formula is C40H35N3O2S. The summed E-state index contributed by atoms with van der Waals surface area (Å²) in [6.07, 6.45) is 2.38. The summed E-state index contributed by atoms with van der Waals surface area (Å²) in [5.41, 5.74) is 5.99. The van der Waals surface area contributed by atoms with E-state index in [2.05, 4.69) is 119 Å². The molecule has 0 bridgehead atoms. The van der Waals surface area contributed by atoms with Crippen LogP contribution in [0, 0.1) is 5.92 Å². The molecule has 0 aliphatic carbocycles. The van der Waals surface area contributed by atoms with Crippen LogP contribution >= 0.6 is 11.8 Å².